The molecule has 0 radical (unpaired) electrons. The van der Waals surface area contributed by atoms with Gasteiger partial charge >= 0.3 is 0 Å². The number of aromatic nitrogens is 2. The Kier molecular flexibility index (Phi) is 1.27. The van der Waals surface area contributed by atoms with Gasteiger partial charge in [0.05, 0.1) is 12.4 Å². The fourth-order valence-electron chi connectivity index (χ4n) is 0.398. The molecule has 1 rings (SSSR count). The zero-order chi connectivity index (χ0) is 5.82. The molecule has 1 aromatic rings. The van der Waals surface area contributed by atoms with Crippen molar-refractivity contribution in [2.75, 3.05) is 0 Å². The van der Waals surface area contributed by atoms with E-state index in [1.807, 2.05) is 0 Å². The van der Waals surface area contributed by atoms with Crippen molar-refractivity contribution < 1.29 is 5.21 Å². The standard InChI is InChI=1S/C4H5N3O/c8-7-3-4-1-5-6-2-4/h1-3,8H,(H,5,6)/b7-3+. The lowest BCUT2D eigenvalue weighted by atomic mass is 10.4. The molecule has 2 N–H and O–H groups in total. The fraction of sp³-hybridized carbons (Fsp3) is 0. The van der Waals surface area contributed by atoms with Crippen molar-refractivity contribution >= 4 is 6.21 Å². The molecular weight excluding hydrogens is 106 g/mol. The van der Waals surface area contributed by atoms with E-state index >= 15 is 0 Å². The minimum absolute atomic E-state index is 0.757. The van der Waals surface area contributed by atoms with Gasteiger partial charge in [0.1, 0.15) is 0 Å². The zero-order valence-corrected chi connectivity index (χ0v) is 4.07. The molecule has 4 nitrogen and oxygen atoms in total. The Hall–Kier alpha value is -1.32. The Morgan fingerprint density at radius 3 is 3.25 bits per heavy atom. The molecule has 0 unspecified atom stereocenters. The fourth-order valence-corrected chi connectivity index (χ4v) is 0.398. The number of rotatable bonds is 1. The summed E-state index contributed by atoms with van der Waals surface area (Å²) < 4.78 is 0. The highest BCUT2D eigenvalue weighted by molar-refractivity contribution is 5.77. The highest BCUT2D eigenvalue weighted by Crippen LogP contribution is 1.85. The first kappa shape index (κ1) is 4.83. The van der Waals surface area contributed by atoms with Gasteiger partial charge < -0.3 is 5.21 Å². The van der Waals surface area contributed by atoms with Crippen molar-refractivity contribution in [1.82, 2.24) is 10.2 Å². The average Bonchev–Trinajstić information content (AvgIpc) is 2.19. The third kappa shape index (κ3) is 0.841. The Balaban J connectivity index is 2.77. The maximum atomic E-state index is 7.97. The first-order chi connectivity index (χ1) is 3.93. The normalized spacial score (nSPS) is 10.5. The van der Waals surface area contributed by atoms with Crippen LogP contribution in [0.2, 0.25) is 0 Å². The van der Waals surface area contributed by atoms with Gasteiger partial charge in [-0.1, -0.05) is 5.16 Å². The van der Waals surface area contributed by atoms with Crippen LogP contribution in [-0.4, -0.2) is 21.6 Å². The zero-order valence-electron chi connectivity index (χ0n) is 4.07. The second-order valence-corrected chi connectivity index (χ2v) is 1.28. The van der Waals surface area contributed by atoms with E-state index in [1.165, 1.54) is 6.21 Å². The highest BCUT2D eigenvalue weighted by Gasteiger charge is 1.83. The summed E-state index contributed by atoms with van der Waals surface area (Å²) in [7, 11) is 0. The van der Waals surface area contributed by atoms with E-state index in [0.29, 0.717) is 0 Å². The minimum Gasteiger partial charge on any atom is -0.411 e. The van der Waals surface area contributed by atoms with Crippen molar-refractivity contribution in [2.24, 2.45) is 5.16 Å². The molecule has 0 amide bonds. The van der Waals surface area contributed by atoms with E-state index in [9.17, 15) is 0 Å². The lowest BCUT2D eigenvalue weighted by Gasteiger charge is -1.71. The maximum absolute atomic E-state index is 7.97. The Labute approximate surface area is 45.8 Å². The van der Waals surface area contributed by atoms with Gasteiger partial charge in [-0.3, -0.25) is 5.10 Å². The number of aromatic amines is 1. The predicted molar refractivity (Wildman–Crippen MR) is 28.0 cm³/mol. The summed E-state index contributed by atoms with van der Waals surface area (Å²) in [6.45, 7) is 0. The summed E-state index contributed by atoms with van der Waals surface area (Å²) in [4.78, 5) is 0. The number of oxime groups is 1. The topological polar surface area (TPSA) is 61.3 Å². The summed E-state index contributed by atoms with van der Waals surface area (Å²) >= 11 is 0. The summed E-state index contributed by atoms with van der Waals surface area (Å²) in [5.74, 6) is 0. The van der Waals surface area contributed by atoms with Crippen LogP contribution in [0.1, 0.15) is 5.56 Å². The summed E-state index contributed by atoms with van der Waals surface area (Å²) in [6, 6.07) is 0. The third-order valence-corrected chi connectivity index (χ3v) is 0.726. The molecule has 1 aromatic heterocycles. The van der Waals surface area contributed by atoms with Gasteiger partial charge in [-0.15, -0.1) is 0 Å². The molecule has 0 bridgehead atoms. The second-order valence-electron chi connectivity index (χ2n) is 1.28. The number of H-pyrrole nitrogens is 1. The first-order valence-electron chi connectivity index (χ1n) is 2.09. The van der Waals surface area contributed by atoms with Crippen LogP contribution >= 0.6 is 0 Å². The molecule has 1 heterocycles. The van der Waals surface area contributed by atoms with Crippen molar-refractivity contribution in [3.05, 3.63) is 18.0 Å². The number of nitrogens with one attached hydrogen (secondary N) is 1. The smallest absolute Gasteiger partial charge is 0.0765 e. The quantitative estimate of drug-likeness (QED) is 0.309. The monoisotopic (exact) mass is 111 g/mol. The molecule has 42 valence electrons. The molecule has 0 saturated heterocycles. The van der Waals surface area contributed by atoms with Crippen LogP contribution in [-0.2, 0) is 0 Å². The molecule has 0 aliphatic heterocycles. The SMILES string of the molecule is O/N=C/c1cn[nH]c1. The lowest BCUT2D eigenvalue weighted by molar-refractivity contribution is 0.322. The average molecular weight is 111 g/mol. The molecule has 0 aliphatic carbocycles. The van der Waals surface area contributed by atoms with Crippen LogP contribution in [0.3, 0.4) is 0 Å². The minimum atomic E-state index is 0.757. The molecule has 4 heteroatoms. The van der Waals surface area contributed by atoms with Gasteiger partial charge in [0, 0.05) is 11.8 Å². The summed E-state index contributed by atoms with van der Waals surface area (Å²) in [6.07, 6.45) is 4.48. The molecule has 0 aromatic carbocycles. The van der Waals surface area contributed by atoms with Crippen LogP contribution < -0.4 is 0 Å². The Morgan fingerprint density at radius 1 is 1.88 bits per heavy atom. The van der Waals surface area contributed by atoms with Crippen LogP contribution in [0.5, 0.6) is 0 Å². The van der Waals surface area contributed by atoms with E-state index in [1.54, 1.807) is 12.4 Å². The van der Waals surface area contributed by atoms with Crippen LogP contribution in [0, 0.1) is 0 Å². The van der Waals surface area contributed by atoms with Crippen LogP contribution in [0.15, 0.2) is 17.5 Å². The molecular formula is C4H5N3O. The van der Waals surface area contributed by atoms with Crippen molar-refractivity contribution in [1.29, 1.82) is 0 Å². The second kappa shape index (κ2) is 2.11. The number of hydrogen-bond donors (Lipinski definition) is 2. The van der Waals surface area contributed by atoms with E-state index in [0.717, 1.165) is 5.56 Å². The molecule has 0 aliphatic rings. The summed E-state index contributed by atoms with van der Waals surface area (Å²) in [5, 5.41) is 16.9. The molecule has 0 saturated carbocycles. The number of hydrogen-bond acceptors (Lipinski definition) is 3. The van der Waals surface area contributed by atoms with E-state index in [4.69, 9.17) is 5.21 Å². The Bertz CT molecular complexity index is 167. The Morgan fingerprint density at radius 2 is 2.75 bits per heavy atom. The first-order valence-corrected chi connectivity index (χ1v) is 2.09. The van der Waals surface area contributed by atoms with Gasteiger partial charge in [0.25, 0.3) is 0 Å². The van der Waals surface area contributed by atoms with E-state index in [-0.39, 0.29) is 0 Å². The van der Waals surface area contributed by atoms with Gasteiger partial charge in [-0.2, -0.15) is 5.10 Å². The van der Waals surface area contributed by atoms with Crippen molar-refractivity contribution in [2.45, 2.75) is 0 Å². The lowest BCUT2D eigenvalue weighted by Crippen LogP contribution is -1.71. The molecule has 0 fully saturated rings. The molecule has 0 spiro atoms. The predicted octanol–water partition coefficient (Wildman–Crippen LogP) is 0.218. The van der Waals surface area contributed by atoms with Crippen molar-refractivity contribution in [3.8, 4) is 0 Å². The molecule has 0 atom stereocenters. The van der Waals surface area contributed by atoms with Crippen LogP contribution in [0.4, 0.5) is 0 Å². The third-order valence-electron chi connectivity index (χ3n) is 0.726. The van der Waals surface area contributed by atoms with Gasteiger partial charge in [-0.25, -0.2) is 0 Å². The van der Waals surface area contributed by atoms with E-state index < -0.39 is 0 Å². The van der Waals surface area contributed by atoms with Crippen LogP contribution in [0.25, 0.3) is 0 Å². The van der Waals surface area contributed by atoms with Crippen molar-refractivity contribution in [3.63, 3.8) is 0 Å². The maximum Gasteiger partial charge on any atom is 0.0765 e. The summed E-state index contributed by atoms with van der Waals surface area (Å²) in [5.41, 5.74) is 0.757. The van der Waals surface area contributed by atoms with E-state index in [2.05, 4.69) is 15.4 Å². The molecule has 8 heavy (non-hydrogen) atoms. The number of nitrogens with zero attached hydrogens (tertiary/aromatic N) is 2. The van der Waals surface area contributed by atoms with Gasteiger partial charge in [0.15, 0.2) is 0 Å². The van der Waals surface area contributed by atoms with Gasteiger partial charge in [0.2, 0.25) is 0 Å². The highest BCUT2D eigenvalue weighted by atomic mass is 16.4. The van der Waals surface area contributed by atoms with Gasteiger partial charge in [-0.05, 0) is 0 Å². The largest absolute Gasteiger partial charge is 0.411 e.